The number of carbonyl (C=O) groups is 2. The van der Waals surface area contributed by atoms with Gasteiger partial charge in [0.1, 0.15) is 0 Å². The van der Waals surface area contributed by atoms with Gasteiger partial charge in [-0.2, -0.15) is 0 Å². The fraction of sp³-hybridized carbons (Fsp3) is 0.529. The normalized spacial score (nSPS) is 27.5. The lowest BCUT2D eigenvalue weighted by Crippen LogP contribution is -2.40. The second kappa shape index (κ2) is 5.17. The molecule has 2 atom stereocenters. The van der Waals surface area contributed by atoms with E-state index in [2.05, 4.69) is 0 Å². The van der Waals surface area contributed by atoms with Gasteiger partial charge in [-0.25, -0.2) is 0 Å². The van der Waals surface area contributed by atoms with Gasteiger partial charge in [-0.15, -0.1) is 0 Å². The van der Waals surface area contributed by atoms with E-state index in [-0.39, 0.29) is 17.8 Å². The number of rotatable bonds is 3. The first kappa shape index (κ1) is 14.1. The van der Waals surface area contributed by atoms with Gasteiger partial charge < -0.3 is 9.64 Å². The maximum Gasteiger partial charge on any atom is 0.322 e. The third-order valence-electron chi connectivity index (χ3n) is 4.77. The third kappa shape index (κ3) is 2.23. The summed E-state index contributed by atoms with van der Waals surface area (Å²) in [6.45, 7) is 3.55. The average Bonchev–Trinajstić information content (AvgIpc) is 3.02. The van der Waals surface area contributed by atoms with Crippen LogP contribution in [0.15, 0.2) is 24.3 Å². The van der Waals surface area contributed by atoms with Crippen LogP contribution in [0.3, 0.4) is 0 Å². The molecule has 0 unspecified atom stereocenters. The van der Waals surface area contributed by atoms with E-state index >= 15 is 0 Å². The van der Waals surface area contributed by atoms with Crippen molar-refractivity contribution in [1.29, 1.82) is 0 Å². The van der Waals surface area contributed by atoms with Crippen LogP contribution in [0.5, 0.6) is 0 Å². The minimum absolute atomic E-state index is 0.0429. The number of hydrogen-bond acceptors (Lipinski definition) is 3. The molecule has 0 aromatic heterocycles. The van der Waals surface area contributed by atoms with Gasteiger partial charge in [0.15, 0.2) is 5.41 Å². The van der Waals surface area contributed by atoms with Crippen LogP contribution in [0.4, 0.5) is 0 Å². The van der Waals surface area contributed by atoms with Gasteiger partial charge in [0.05, 0.1) is 7.11 Å². The highest BCUT2D eigenvalue weighted by Crippen LogP contribution is 2.61. The Balaban J connectivity index is 1.88. The molecule has 2 aliphatic rings. The SMILES string of the molecule is COC(=O)[C@]1(C(=O)N2CCCC2)C[C@@H]1c1ccc(C)cc1. The van der Waals surface area contributed by atoms with E-state index < -0.39 is 5.41 Å². The number of methoxy groups -OCH3 is 1. The molecule has 1 saturated carbocycles. The number of likely N-dealkylation sites (tertiary alicyclic amines) is 1. The molecule has 1 heterocycles. The van der Waals surface area contributed by atoms with Crippen molar-refractivity contribution in [3.05, 3.63) is 35.4 Å². The Hall–Kier alpha value is -1.84. The lowest BCUT2D eigenvalue weighted by molar-refractivity contribution is -0.155. The Morgan fingerprint density at radius 1 is 1.19 bits per heavy atom. The minimum atomic E-state index is -0.978. The fourth-order valence-electron chi connectivity index (χ4n) is 3.40. The monoisotopic (exact) mass is 287 g/mol. The van der Waals surface area contributed by atoms with Crippen LogP contribution >= 0.6 is 0 Å². The topological polar surface area (TPSA) is 46.6 Å². The van der Waals surface area contributed by atoms with Crippen LogP contribution < -0.4 is 0 Å². The van der Waals surface area contributed by atoms with Crippen molar-refractivity contribution in [1.82, 2.24) is 4.90 Å². The lowest BCUT2D eigenvalue weighted by atomic mass is 9.97. The van der Waals surface area contributed by atoms with Gasteiger partial charge in [0.25, 0.3) is 0 Å². The summed E-state index contributed by atoms with van der Waals surface area (Å²) in [5, 5.41) is 0. The average molecular weight is 287 g/mol. The van der Waals surface area contributed by atoms with Gasteiger partial charge in [-0.1, -0.05) is 29.8 Å². The number of amides is 1. The van der Waals surface area contributed by atoms with Gasteiger partial charge in [0.2, 0.25) is 5.91 Å². The standard InChI is InChI=1S/C17H21NO3/c1-12-5-7-13(8-6-12)14-11-17(14,16(20)21-2)15(19)18-9-3-4-10-18/h5-8,14H,3-4,9-11H2,1-2H3/t14-,17-/m1/s1. The van der Waals surface area contributed by atoms with Crippen molar-refractivity contribution < 1.29 is 14.3 Å². The lowest BCUT2D eigenvalue weighted by Gasteiger charge is -2.22. The van der Waals surface area contributed by atoms with E-state index in [9.17, 15) is 9.59 Å². The predicted octanol–water partition coefficient (Wildman–Crippen LogP) is 2.26. The maximum absolute atomic E-state index is 12.8. The third-order valence-corrected chi connectivity index (χ3v) is 4.77. The number of nitrogens with zero attached hydrogens (tertiary/aromatic N) is 1. The molecule has 2 fully saturated rings. The predicted molar refractivity (Wildman–Crippen MR) is 78.8 cm³/mol. The van der Waals surface area contributed by atoms with Crippen LogP contribution in [-0.2, 0) is 14.3 Å². The zero-order valence-corrected chi connectivity index (χ0v) is 12.6. The highest BCUT2D eigenvalue weighted by Gasteiger charge is 2.68. The van der Waals surface area contributed by atoms with Gasteiger partial charge in [-0.05, 0) is 31.7 Å². The fourth-order valence-corrected chi connectivity index (χ4v) is 3.40. The van der Waals surface area contributed by atoms with Gasteiger partial charge in [-0.3, -0.25) is 9.59 Å². The first-order valence-electron chi connectivity index (χ1n) is 7.54. The summed E-state index contributed by atoms with van der Waals surface area (Å²) in [5.41, 5.74) is 1.25. The van der Waals surface area contributed by atoms with Crippen molar-refractivity contribution in [3.8, 4) is 0 Å². The molecular formula is C17H21NO3. The number of ether oxygens (including phenoxy) is 1. The first-order valence-corrected chi connectivity index (χ1v) is 7.54. The summed E-state index contributed by atoms with van der Waals surface area (Å²) in [7, 11) is 1.37. The van der Waals surface area contributed by atoms with Crippen molar-refractivity contribution in [2.75, 3.05) is 20.2 Å². The maximum atomic E-state index is 12.8. The molecule has 1 aliphatic heterocycles. The second-order valence-corrected chi connectivity index (χ2v) is 6.13. The Labute approximate surface area is 125 Å². The smallest absolute Gasteiger partial charge is 0.322 e. The molecular weight excluding hydrogens is 266 g/mol. The molecule has 0 spiro atoms. The molecule has 4 nitrogen and oxygen atoms in total. The Morgan fingerprint density at radius 3 is 2.38 bits per heavy atom. The molecule has 1 aliphatic carbocycles. The van der Waals surface area contributed by atoms with E-state index in [0.29, 0.717) is 6.42 Å². The summed E-state index contributed by atoms with van der Waals surface area (Å²) in [6.07, 6.45) is 2.62. The molecule has 1 aromatic carbocycles. The number of benzene rings is 1. The number of carbonyl (C=O) groups excluding carboxylic acids is 2. The largest absolute Gasteiger partial charge is 0.468 e. The summed E-state index contributed by atoms with van der Waals surface area (Å²) >= 11 is 0. The minimum Gasteiger partial charge on any atom is -0.468 e. The van der Waals surface area contributed by atoms with Crippen LogP contribution in [0.25, 0.3) is 0 Å². The van der Waals surface area contributed by atoms with Crippen LogP contribution in [0, 0.1) is 12.3 Å². The zero-order valence-electron chi connectivity index (χ0n) is 12.6. The van der Waals surface area contributed by atoms with Crippen LogP contribution in [0.1, 0.15) is 36.3 Å². The highest BCUT2D eigenvalue weighted by molar-refractivity contribution is 6.07. The molecule has 1 saturated heterocycles. The van der Waals surface area contributed by atoms with Crippen molar-refractivity contribution >= 4 is 11.9 Å². The number of aryl methyl sites for hydroxylation is 1. The Kier molecular flexibility index (Phi) is 3.47. The first-order chi connectivity index (χ1) is 10.1. The Bertz CT molecular complexity index is 560. The van der Waals surface area contributed by atoms with E-state index in [1.807, 2.05) is 36.1 Å². The molecule has 1 amide bonds. The van der Waals surface area contributed by atoms with Gasteiger partial charge in [0, 0.05) is 19.0 Å². The second-order valence-electron chi connectivity index (χ2n) is 6.13. The van der Waals surface area contributed by atoms with E-state index in [1.165, 1.54) is 12.7 Å². The van der Waals surface area contributed by atoms with E-state index in [1.54, 1.807) is 0 Å². The summed E-state index contributed by atoms with van der Waals surface area (Å²) in [6, 6.07) is 8.08. The molecule has 3 rings (SSSR count). The quantitative estimate of drug-likeness (QED) is 0.633. The van der Waals surface area contributed by atoms with E-state index in [4.69, 9.17) is 4.74 Å². The molecule has 0 N–H and O–H groups in total. The summed E-state index contributed by atoms with van der Waals surface area (Å²) < 4.78 is 4.95. The van der Waals surface area contributed by atoms with Crippen LogP contribution in [-0.4, -0.2) is 37.0 Å². The zero-order chi connectivity index (χ0) is 15.0. The highest BCUT2D eigenvalue weighted by atomic mass is 16.5. The molecule has 21 heavy (non-hydrogen) atoms. The van der Waals surface area contributed by atoms with Gasteiger partial charge >= 0.3 is 5.97 Å². The van der Waals surface area contributed by atoms with E-state index in [0.717, 1.165) is 31.5 Å². The van der Waals surface area contributed by atoms with Crippen LogP contribution in [0.2, 0.25) is 0 Å². The molecule has 1 aromatic rings. The van der Waals surface area contributed by atoms with Crippen molar-refractivity contribution in [2.45, 2.75) is 32.1 Å². The molecule has 4 heteroatoms. The summed E-state index contributed by atoms with van der Waals surface area (Å²) in [5.74, 6) is -0.471. The molecule has 0 radical (unpaired) electrons. The van der Waals surface area contributed by atoms with Crippen molar-refractivity contribution in [3.63, 3.8) is 0 Å². The molecule has 112 valence electrons. The Morgan fingerprint density at radius 2 is 1.81 bits per heavy atom. The summed E-state index contributed by atoms with van der Waals surface area (Å²) in [4.78, 5) is 26.9. The number of hydrogen-bond donors (Lipinski definition) is 0. The van der Waals surface area contributed by atoms with Crippen molar-refractivity contribution in [2.24, 2.45) is 5.41 Å². The molecule has 0 bridgehead atoms. The number of esters is 1.